The van der Waals surface area contributed by atoms with Gasteiger partial charge < -0.3 is 10.6 Å². The predicted octanol–water partition coefficient (Wildman–Crippen LogP) is 1.27. The molecule has 2 aliphatic rings. The first-order chi connectivity index (χ1) is 9.61. The summed E-state index contributed by atoms with van der Waals surface area (Å²) in [7, 11) is 1.92. The van der Waals surface area contributed by atoms with Crippen LogP contribution in [0.15, 0.2) is 6.20 Å². The standard InChI is InChI=1S/C15H24N4O/c1-10-12(9-17-19(10)2)8-16-15(20)7-11-5-13-3-4-14(6-11)18-13/h9,11,13-14,18H,3-8H2,1-2H3,(H,16,20). The van der Waals surface area contributed by atoms with E-state index in [0.29, 0.717) is 31.0 Å². The normalized spacial score (nSPS) is 28.6. The van der Waals surface area contributed by atoms with Gasteiger partial charge in [-0.25, -0.2) is 0 Å². The minimum Gasteiger partial charge on any atom is -0.352 e. The molecule has 2 aliphatic heterocycles. The van der Waals surface area contributed by atoms with Crippen LogP contribution in [0.25, 0.3) is 0 Å². The van der Waals surface area contributed by atoms with Crippen molar-refractivity contribution in [1.82, 2.24) is 20.4 Å². The van der Waals surface area contributed by atoms with E-state index in [9.17, 15) is 4.79 Å². The Kier molecular flexibility index (Phi) is 3.78. The van der Waals surface area contributed by atoms with Crippen molar-refractivity contribution in [3.63, 3.8) is 0 Å². The molecule has 2 bridgehead atoms. The van der Waals surface area contributed by atoms with Gasteiger partial charge in [-0.2, -0.15) is 5.10 Å². The van der Waals surface area contributed by atoms with Crippen molar-refractivity contribution in [3.8, 4) is 0 Å². The second-order valence-corrected chi connectivity index (χ2v) is 6.33. The molecule has 2 saturated heterocycles. The number of nitrogens with zero attached hydrogens (tertiary/aromatic N) is 2. The number of amides is 1. The number of aryl methyl sites for hydroxylation is 1. The SMILES string of the molecule is Cc1c(CNC(=O)CC2CC3CCC(C2)N3)cnn1C. The lowest BCUT2D eigenvalue weighted by molar-refractivity contribution is -0.122. The third-order valence-electron chi connectivity index (χ3n) is 4.86. The molecule has 2 unspecified atom stereocenters. The van der Waals surface area contributed by atoms with Crippen molar-refractivity contribution < 1.29 is 4.79 Å². The molecular weight excluding hydrogens is 252 g/mol. The van der Waals surface area contributed by atoms with Crippen molar-refractivity contribution in [3.05, 3.63) is 17.5 Å². The molecule has 20 heavy (non-hydrogen) atoms. The van der Waals surface area contributed by atoms with Crippen LogP contribution >= 0.6 is 0 Å². The molecule has 5 heteroatoms. The summed E-state index contributed by atoms with van der Waals surface area (Å²) in [6.07, 6.45) is 7.41. The van der Waals surface area contributed by atoms with Gasteiger partial charge in [0.15, 0.2) is 0 Å². The predicted molar refractivity (Wildman–Crippen MR) is 77.1 cm³/mol. The van der Waals surface area contributed by atoms with E-state index >= 15 is 0 Å². The Labute approximate surface area is 120 Å². The number of aromatic nitrogens is 2. The van der Waals surface area contributed by atoms with Crippen molar-refractivity contribution in [2.45, 2.75) is 57.7 Å². The number of fused-ring (bicyclic) bond motifs is 2. The molecule has 5 nitrogen and oxygen atoms in total. The fraction of sp³-hybridized carbons (Fsp3) is 0.733. The van der Waals surface area contributed by atoms with Gasteiger partial charge in [0.05, 0.1) is 6.20 Å². The topological polar surface area (TPSA) is 59.0 Å². The average molecular weight is 276 g/mol. The smallest absolute Gasteiger partial charge is 0.220 e. The van der Waals surface area contributed by atoms with E-state index in [0.717, 1.165) is 24.1 Å². The number of hydrogen-bond acceptors (Lipinski definition) is 3. The highest BCUT2D eigenvalue weighted by molar-refractivity contribution is 5.76. The summed E-state index contributed by atoms with van der Waals surface area (Å²) < 4.78 is 1.84. The van der Waals surface area contributed by atoms with Crippen LogP contribution in [0, 0.1) is 12.8 Å². The van der Waals surface area contributed by atoms with Gasteiger partial charge in [-0.1, -0.05) is 0 Å². The molecule has 1 aromatic rings. The van der Waals surface area contributed by atoms with Gasteiger partial charge in [0, 0.05) is 43.4 Å². The van der Waals surface area contributed by atoms with E-state index < -0.39 is 0 Å². The quantitative estimate of drug-likeness (QED) is 0.870. The number of rotatable bonds is 4. The monoisotopic (exact) mass is 276 g/mol. The van der Waals surface area contributed by atoms with Gasteiger partial charge >= 0.3 is 0 Å². The molecule has 1 amide bonds. The summed E-state index contributed by atoms with van der Waals surface area (Å²) >= 11 is 0. The molecule has 1 aromatic heterocycles. The van der Waals surface area contributed by atoms with E-state index in [1.54, 1.807) is 0 Å². The lowest BCUT2D eigenvalue weighted by atomic mass is 9.89. The highest BCUT2D eigenvalue weighted by atomic mass is 16.1. The van der Waals surface area contributed by atoms with Crippen LogP contribution in [-0.2, 0) is 18.4 Å². The first-order valence-electron chi connectivity index (χ1n) is 7.62. The Balaban J connectivity index is 1.47. The molecule has 0 spiro atoms. The van der Waals surface area contributed by atoms with E-state index in [1.165, 1.54) is 12.8 Å². The molecule has 2 N–H and O–H groups in total. The fourth-order valence-electron chi connectivity index (χ4n) is 3.59. The van der Waals surface area contributed by atoms with Crippen LogP contribution in [0.5, 0.6) is 0 Å². The highest BCUT2D eigenvalue weighted by Crippen LogP contribution is 2.32. The van der Waals surface area contributed by atoms with Gasteiger partial charge in [-0.15, -0.1) is 0 Å². The third kappa shape index (κ3) is 2.87. The average Bonchev–Trinajstić information content (AvgIpc) is 2.92. The third-order valence-corrected chi connectivity index (χ3v) is 4.86. The zero-order valence-electron chi connectivity index (χ0n) is 12.4. The van der Waals surface area contributed by atoms with Crippen molar-refractivity contribution in [2.24, 2.45) is 13.0 Å². The second kappa shape index (κ2) is 5.56. The fourth-order valence-corrected chi connectivity index (χ4v) is 3.59. The lowest BCUT2D eigenvalue weighted by Crippen LogP contribution is -2.39. The van der Waals surface area contributed by atoms with Crippen LogP contribution in [0.2, 0.25) is 0 Å². The van der Waals surface area contributed by atoms with Crippen LogP contribution in [0.1, 0.15) is 43.4 Å². The molecule has 110 valence electrons. The summed E-state index contributed by atoms with van der Waals surface area (Å²) in [5, 5.41) is 10.9. The molecule has 3 rings (SSSR count). The van der Waals surface area contributed by atoms with Crippen molar-refractivity contribution >= 4 is 5.91 Å². The summed E-state index contributed by atoms with van der Waals surface area (Å²) in [6, 6.07) is 1.32. The first kappa shape index (κ1) is 13.6. The van der Waals surface area contributed by atoms with E-state index in [2.05, 4.69) is 15.7 Å². The molecule has 0 radical (unpaired) electrons. The second-order valence-electron chi connectivity index (χ2n) is 6.33. The Morgan fingerprint density at radius 1 is 1.45 bits per heavy atom. The molecule has 0 aliphatic carbocycles. The highest BCUT2D eigenvalue weighted by Gasteiger charge is 2.34. The summed E-state index contributed by atoms with van der Waals surface area (Å²) in [5.74, 6) is 0.739. The van der Waals surface area contributed by atoms with Crippen LogP contribution in [0.4, 0.5) is 0 Å². The van der Waals surface area contributed by atoms with E-state index in [1.807, 2.05) is 24.9 Å². The maximum atomic E-state index is 12.1. The van der Waals surface area contributed by atoms with Crippen LogP contribution < -0.4 is 10.6 Å². The maximum absolute atomic E-state index is 12.1. The van der Waals surface area contributed by atoms with Crippen LogP contribution in [0.3, 0.4) is 0 Å². The minimum absolute atomic E-state index is 0.180. The lowest BCUT2D eigenvalue weighted by Gasteiger charge is -2.28. The molecule has 2 atom stereocenters. The Bertz CT molecular complexity index is 484. The number of carbonyl (C=O) groups excluding carboxylic acids is 1. The van der Waals surface area contributed by atoms with Crippen LogP contribution in [-0.4, -0.2) is 27.8 Å². The van der Waals surface area contributed by atoms with Crippen molar-refractivity contribution in [2.75, 3.05) is 0 Å². The van der Waals surface area contributed by atoms with E-state index in [4.69, 9.17) is 0 Å². The van der Waals surface area contributed by atoms with Gasteiger partial charge in [0.25, 0.3) is 0 Å². The van der Waals surface area contributed by atoms with Gasteiger partial charge in [0.1, 0.15) is 0 Å². The zero-order chi connectivity index (χ0) is 14.1. The molecule has 3 heterocycles. The Morgan fingerprint density at radius 3 is 2.75 bits per heavy atom. The molecule has 0 saturated carbocycles. The Hall–Kier alpha value is -1.36. The van der Waals surface area contributed by atoms with E-state index in [-0.39, 0.29) is 5.91 Å². The molecular formula is C15H24N4O. The number of nitrogens with one attached hydrogen (secondary N) is 2. The van der Waals surface area contributed by atoms with Gasteiger partial charge in [-0.05, 0) is 38.5 Å². The van der Waals surface area contributed by atoms with Gasteiger partial charge in [0.2, 0.25) is 5.91 Å². The minimum atomic E-state index is 0.180. The summed E-state index contributed by atoms with van der Waals surface area (Å²) in [6.45, 7) is 2.62. The molecule has 2 fully saturated rings. The number of hydrogen-bond donors (Lipinski definition) is 2. The zero-order valence-corrected chi connectivity index (χ0v) is 12.4. The largest absolute Gasteiger partial charge is 0.352 e. The maximum Gasteiger partial charge on any atom is 0.220 e. The number of piperidine rings is 1. The summed E-state index contributed by atoms with van der Waals surface area (Å²) in [4.78, 5) is 12.1. The van der Waals surface area contributed by atoms with Gasteiger partial charge in [-0.3, -0.25) is 9.48 Å². The first-order valence-corrected chi connectivity index (χ1v) is 7.62. The number of carbonyl (C=O) groups is 1. The molecule has 0 aromatic carbocycles. The summed E-state index contributed by atoms with van der Waals surface area (Å²) in [5.41, 5.74) is 2.22. The Morgan fingerprint density at radius 2 is 2.15 bits per heavy atom. The van der Waals surface area contributed by atoms with Crippen molar-refractivity contribution in [1.29, 1.82) is 0 Å².